The Morgan fingerprint density at radius 3 is 2.12 bits per heavy atom. The molecule has 140 valence electrons. The molecule has 26 heavy (non-hydrogen) atoms. The molecular formula is C19H21F3N2O2. The van der Waals surface area contributed by atoms with E-state index >= 15 is 0 Å². The minimum atomic E-state index is -4.40. The molecule has 0 radical (unpaired) electrons. The van der Waals surface area contributed by atoms with Crippen LogP contribution in [0, 0.1) is 0 Å². The number of benzene rings is 2. The second-order valence-corrected chi connectivity index (χ2v) is 6.15. The van der Waals surface area contributed by atoms with Gasteiger partial charge in [0.25, 0.3) is 0 Å². The van der Waals surface area contributed by atoms with Crippen molar-refractivity contribution >= 4 is 11.7 Å². The number of ether oxygens (including phenoxy) is 1. The maximum atomic E-state index is 12.7. The topological polar surface area (TPSA) is 41.6 Å². The highest BCUT2D eigenvalue weighted by atomic mass is 19.4. The molecule has 1 atom stereocenters. The highest BCUT2D eigenvalue weighted by Gasteiger charge is 2.30. The lowest BCUT2D eigenvalue weighted by atomic mass is 10.0. The first-order chi connectivity index (χ1) is 12.2. The standard InChI is InChI=1S/C19H21F3N2O2/c1-24(2)12-13-4-6-14(7-5-13)17(18(25)26-3)23-16-10-8-15(9-11-16)19(20,21)22/h4-11,17,23H,12H2,1-3H3. The molecule has 0 bridgehead atoms. The Morgan fingerprint density at radius 1 is 1.08 bits per heavy atom. The van der Waals surface area contributed by atoms with Gasteiger partial charge in [0.2, 0.25) is 0 Å². The molecule has 0 fully saturated rings. The molecule has 1 N–H and O–H groups in total. The Morgan fingerprint density at radius 2 is 1.65 bits per heavy atom. The third-order valence-electron chi connectivity index (χ3n) is 3.77. The van der Waals surface area contributed by atoms with Gasteiger partial charge in [-0.05, 0) is 49.5 Å². The summed E-state index contributed by atoms with van der Waals surface area (Å²) in [6.07, 6.45) is -4.40. The molecule has 0 spiro atoms. The Bertz CT molecular complexity index is 726. The fourth-order valence-electron chi connectivity index (χ4n) is 2.50. The first-order valence-corrected chi connectivity index (χ1v) is 7.96. The lowest BCUT2D eigenvalue weighted by Gasteiger charge is -2.19. The van der Waals surface area contributed by atoms with Crippen LogP contribution in [-0.2, 0) is 22.3 Å². The Balaban J connectivity index is 2.21. The van der Waals surface area contributed by atoms with Gasteiger partial charge in [0.1, 0.15) is 0 Å². The molecule has 0 aliphatic carbocycles. The molecule has 0 aromatic heterocycles. The molecule has 0 aliphatic rings. The zero-order chi connectivity index (χ0) is 19.3. The van der Waals surface area contributed by atoms with Crippen LogP contribution in [0.3, 0.4) is 0 Å². The van der Waals surface area contributed by atoms with Gasteiger partial charge >= 0.3 is 12.1 Å². The van der Waals surface area contributed by atoms with Crippen LogP contribution in [0.2, 0.25) is 0 Å². The average Bonchev–Trinajstić information content (AvgIpc) is 2.59. The number of nitrogens with one attached hydrogen (secondary N) is 1. The van der Waals surface area contributed by atoms with E-state index in [0.717, 1.165) is 24.2 Å². The first kappa shape index (κ1) is 19.8. The van der Waals surface area contributed by atoms with Gasteiger partial charge in [0.05, 0.1) is 12.7 Å². The van der Waals surface area contributed by atoms with E-state index in [2.05, 4.69) is 5.32 Å². The minimum absolute atomic E-state index is 0.394. The number of rotatable bonds is 6. The molecule has 4 nitrogen and oxygen atoms in total. The van der Waals surface area contributed by atoms with Gasteiger partial charge in [-0.1, -0.05) is 24.3 Å². The largest absolute Gasteiger partial charge is 0.467 e. The van der Waals surface area contributed by atoms with Gasteiger partial charge in [0.15, 0.2) is 6.04 Å². The van der Waals surface area contributed by atoms with Crippen LogP contribution in [-0.4, -0.2) is 32.1 Å². The third kappa shape index (κ3) is 5.23. The summed E-state index contributed by atoms with van der Waals surface area (Å²) in [7, 11) is 5.18. The summed E-state index contributed by atoms with van der Waals surface area (Å²) in [5.41, 5.74) is 1.40. The van der Waals surface area contributed by atoms with Crippen LogP contribution in [0.4, 0.5) is 18.9 Å². The van der Waals surface area contributed by atoms with E-state index in [4.69, 9.17) is 4.74 Å². The number of carbonyl (C=O) groups excluding carboxylic acids is 1. The summed E-state index contributed by atoms with van der Waals surface area (Å²) < 4.78 is 42.8. The number of alkyl halides is 3. The van der Waals surface area contributed by atoms with E-state index in [1.54, 1.807) is 12.1 Å². The maximum Gasteiger partial charge on any atom is 0.416 e. The number of hydrogen-bond acceptors (Lipinski definition) is 4. The zero-order valence-corrected chi connectivity index (χ0v) is 14.8. The van der Waals surface area contributed by atoms with Crippen LogP contribution >= 0.6 is 0 Å². The average molecular weight is 366 g/mol. The summed E-state index contributed by atoms with van der Waals surface area (Å²) in [4.78, 5) is 14.2. The SMILES string of the molecule is COC(=O)C(Nc1ccc(C(F)(F)F)cc1)c1ccc(CN(C)C)cc1. The summed E-state index contributed by atoms with van der Waals surface area (Å²) in [6, 6.07) is 11.1. The van der Waals surface area contributed by atoms with Crippen LogP contribution in [0.5, 0.6) is 0 Å². The summed E-state index contributed by atoms with van der Waals surface area (Å²) >= 11 is 0. The van der Waals surface area contributed by atoms with E-state index in [-0.39, 0.29) is 0 Å². The van der Waals surface area contributed by atoms with E-state index < -0.39 is 23.8 Å². The van der Waals surface area contributed by atoms with Crippen molar-refractivity contribution in [3.63, 3.8) is 0 Å². The van der Waals surface area contributed by atoms with Crippen LogP contribution in [0.1, 0.15) is 22.7 Å². The van der Waals surface area contributed by atoms with Gasteiger partial charge in [-0.25, -0.2) is 4.79 Å². The predicted octanol–water partition coefficient (Wildman–Crippen LogP) is 4.09. The number of methoxy groups -OCH3 is 1. The number of carbonyl (C=O) groups is 1. The normalized spacial score (nSPS) is 12.7. The van der Waals surface area contributed by atoms with Crippen molar-refractivity contribution < 1.29 is 22.7 Å². The van der Waals surface area contributed by atoms with E-state index in [9.17, 15) is 18.0 Å². The van der Waals surface area contributed by atoms with Gasteiger partial charge in [-0.15, -0.1) is 0 Å². The quantitative estimate of drug-likeness (QED) is 0.782. The van der Waals surface area contributed by atoms with Crippen molar-refractivity contribution in [1.82, 2.24) is 4.90 Å². The monoisotopic (exact) mass is 366 g/mol. The molecule has 0 saturated heterocycles. The fourth-order valence-corrected chi connectivity index (χ4v) is 2.50. The van der Waals surface area contributed by atoms with E-state index in [1.807, 2.05) is 31.1 Å². The van der Waals surface area contributed by atoms with Crippen LogP contribution in [0.15, 0.2) is 48.5 Å². The van der Waals surface area contributed by atoms with Crippen LogP contribution < -0.4 is 5.32 Å². The van der Waals surface area contributed by atoms with Crippen LogP contribution in [0.25, 0.3) is 0 Å². The Kier molecular flexibility index (Phi) is 6.26. The molecule has 2 rings (SSSR count). The molecule has 0 aliphatic heterocycles. The van der Waals surface area contributed by atoms with Crippen molar-refractivity contribution in [2.24, 2.45) is 0 Å². The van der Waals surface area contributed by atoms with Gasteiger partial charge in [-0.2, -0.15) is 13.2 Å². The van der Waals surface area contributed by atoms with Gasteiger partial charge in [0, 0.05) is 12.2 Å². The Hall–Kier alpha value is -2.54. The smallest absolute Gasteiger partial charge is 0.416 e. The highest BCUT2D eigenvalue weighted by molar-refractivity contribution is 5.81. The number of esters is 1. The second-order valence-electron chi connectivity index (χ2n) is 6.15. The number of anilines is 1. The molecule has 2 aromatic carbocycles. The third-order valence-corrected chi connectivity index (χ3v) is 3.77. The molecule has 2 aromatic rings. The van der Waals surface area contributed by atoms with Crippen molar-refractivity contribution in [1.29, 1.82) is 0 Å². The molecule has 0 saturated carbocycles. The lowest BCUT2D eigenvalue weighted by molar-refractivity contribution is -0.141. The van der Waals surface area contributed by atoms with E-state index in [0.29, 0.717) is 11.3 Å². The summed E-state index contributed by atoms with van der Waals surface area (Å²) in [5, 5.41) is 2.93. The molecular weight excluding hydrogens is 345 g/mol. The molecule has 0 heterocycles. The molecule has 1 unspecified atom stereocenters. The van der Waals surface area contributed by atoms with Gasteiger partial charge in [-0.3, -0.25) is 0 Å². The second kappa shape index (κ2) is 8.23. The Labute approximate surface area is 150 Å². The van der Waals surface area contributed by atoms with Crippen molar-refractivity contribution in [2.75, 3.05) is 26.5 Å². The predicted molar refractivity (Wildman–Crippen MR) is 93.7 cm³/mol. The number of hydrogen-bond donors (Lipinski definition) is 1. The summed E-state index contributed by atoms with van der Waals surface area (Å²) in [5.74, 6) is -0.523. The maximum absolute atomic E-state index is 12.7. The van der Waals surface area contributed by atoms with E-state index in [1.165, 1.54) is 19.2 Å². The molecule has 7 heteroatoms. The number of nitrogens with zero attached hydrogens (tertiary/aromatic N) is 1. The minimum Gasteiger partial charge on any atom is -0.467 e. The van der Waals surface area contributed by atoms with Crippen molar-refractivity contribution in [3.05, 3.63) is 65.2 Å². The van der Waals surface area contributed by atoms with Gasteiger partial charge < -0.3 is 15.0 Å². The van der Waals surface area contributed by atoms with Crippen molar-refractivity contribution in [2.45, 2.75) is 18.8 Å². The number of halogens is 3. The zero-order valence-electron chi connectivity index (χ0n) is 14.8. The highest BCUT2D eigenvalue weighted by Crippen LogP contribution is 2.30. The van der Waals surface area contributed by atoms with Crippen molar-refractivity contribution in [3.8, 4) is 0 Å². The fraction of sp³-hybridized carbons (Fsp3) is 0.316. The lowest BCUT2D eigenvalue weighted by Crippen LogP contribution is -2.22. The molecule has 0 amide bonds. The first-order valence-electron chi connectivity index (χ1n) is 7.96. The summed E-state index contributed by atoms with van der Waals surface area (Å²) in [6.45, 7) is 0.759.